The van der Waals surface area contributed by atoms with Gasteiger partial charge in [-0.25, -0.2) is 9.59 Å². The molecule has 59 heavy (non-hydrogen) atoms. The average Bonchev–Trinajstić information content (AvgIpc) is 3.19. The van der Waals surface area contributed by atoms with Gasteiger partial charge in [0.2, 0.25) is 11.8 Å². The molecule has 0 radical (unpaired) electrons. The highest BCUT2D eigenvalue weighted by atomic mass is 31.2. The minimum Gasteiger partial charge on any atom is -0.460 e. The first-order valence-electron chi connectivity index (χ1n) is 20.7. The van der Waals surface area contributed by atoms with E-state index in [2.05, 4.69) is 23.8 Å². The van der Waals surface area contributed by atoms with Crippen LogP contribution < -0.4 is 10.6 Å². The zero-order chi connectivity index (χ0) is 45.0. The van der Waals surface area contributed by atoms with Gasteiger partial charge in [-0.15, -0.1) is 0 Å². The third-order valence-corrected chi connectivity index (χ3v) is 10.6. The Bertz CT molecular complexity index is 1310. The molecule has 0 saturated carbocycles. The first-order valence-corrected chi connectivity index (χ1v) is 22.4. The van der Waals surface area contributed by atoms with Crippen molar-refractivity contribution >= 4 is 31.3 Å². The van der Waals surface area contributed by atoms with Crippen LogP contribution in [-0.2, 0) is 61.6 Å². The molecule has 0 aromatic rings. The highest BCUT2D eigenvalue weighted by Gasteiger charge is 2.33. The minimum atomic E-state index is -4.36. The Labute approximate surface area is 352 Å². The van der Waals surface area contributed by atoms with E-state index in [1.807, 2.05) is 34.6 Å². The van der Waals surface area contributed by atoms with Gasteiger partial charge in [-0.3, -0.25) is 14.2 Å². The Morgan fingerprint density at radius 3 is 1.53 bits per heavy atom. The maximum atomic E-state index is 12.7. The number of hydrogen-bond acceptors (Lipinski definition) is 13. The van der Waals surface area contributed by atoms with Crippen LogP contribution in [0.4, 0.5) is 0 Å². The van der Waals surface area contributed by atoms with Gasteiger partial charge in [0.15, 0.2) is 5.85 Å². The molecule has 7 unspecified atom stereocenters. The van der Waals surface area contributed by atoms with Crippen LogP contribution in [0.1, 0.15) is 107 Å². The van der Waals surface area contributed by atoms with Crippen molar-refractivity contribution in [3.05, 3.63) is 24.3 Å². The van der Waals surface area contributed by atoms with E-state index in [9.17, 15) is 33.5 Å². The van der Waals surface area contributed by atoms with Gasteiger partial charge in [-0.2, -0.15) is 0 Å². The maximum absolute atomic E-state index is 12.7. The second kappa shape index (κ2) is 31.2. The molecule has 0 aromatic carbocycles. The second-order valence-electron chi connectivity index (χ2n) is 14.8. The third kappa shape index (κ3) is 25.6. The van der Waals surface area contributed by atoms with Gasteiger partial charge in [0, 0.05) is 16.6 Å². The summed E-state index contributed by atoms with van der Waals surface area (Å²) >= 11 is 0. The molecule has 0 spiro atoms. The highest BCUT2D eigenvalue weighted by molar-refractivity contribution is 7.52. The van der Waals surface area contributed by atoms with E-state index in [0.717, 1.165) is 0 Å². The van der Waals surface area contributed by atoms with Crippen LogP contribution in [0.3, 0.4) is 0 Å². The molecule has 0 bridgehead atoms. The summed E-state index contributed by atoms with van der Waals surface area (Å²) in [5.74, 6) is -2.88. The molecule has 2 amide bonds. The predicted molar refractivity (Wildman–Crippen MR) is 223 cm³/mol. The summed E-state index contributed by atoms with van der Waals surface area (Å²) < 4.78 is 57.9. The van der Waals surface area contributed by atoms with Crippen LogP contribution >= 0.6 is 7.60 Å². The Morgan fingerprint density at radius 2 is 1.08 bits per heavy atom. The fourth-order valence-electron chi connectivity index (χ4n) is 5.05. The molecule has 0 aliphatic heterocycles. The first-order chi connectivity index (χ1) is 27.7. The van der Waals surface area contributed by atoms with Crippen molar-refractivity contribution in [2.24, 2.45) is 5.41 Å². The predicted octanol–water partition coefficient (Wildman–Crippen LogP) is 4.76. The standard InChI is InChI=1S/C41H75N2O15P/c1-12-34(17-22-52-33(11)59(48,49)50)57-27-41(15-4,26-56-31(9)16-21-51-32(10)37(44)42-19-24-54-39(46)29(5)6)28-58-35(13-2)18-23-53-36(14-3)38(45)43-20-25-55-40(47)30(7)8/h31-36H,5,7,12-28H2,1-4,6,8-11H3,(H,42,44)(H,43,45)(H2,48,49,50). The van der Waals surface area contributed by atoms with Crippen molar-refractivity contribution in [3.8, 4) is 0 Å². The van der Waals surface area contributed by atoms with Gasteiger partial charge < -0.3 is 58.3 Å². The zero-order valence-corrected chi connectivity index (χ0v) is 37.9. The first kappa shape index (κ1) is 56.3. The van der Waals surface area contributed by atoms with Crippen LogP contribution in [0.25, 0.3) is 0 Å². The number of carbonyl (C=O) groups is 4. The van der Waals surface area contributed by atoms with Crippen molar-refractivity contribution in [2.45, 2.75) is 144 Å². The van der Waals surface area contributed by atoms with E-state index in [4.69, 9.17) is 37.9 Å². The Hall–Kier alpha value is -2.73. The lowest BCUT2D eigenvalue weighted by atomic mass is 9.87. The normalized spacial score (nSPS) is 15.8. The van der Waals surface area contributed by atoms with Gasteiger partial charge in [-0.1, -0.05) is 40.9 Å². The van der Waals surface area contributed by atoms with Gasteiger partial charge in [0.25, 0.3) is 0 Å². The van der Waals surface area contributed by atoms with E-state index >= 15 is 0 Å². The van der Waals surface area contributed by atoms with Crippen LogP contribution in [0.15, 0.2) is 24.3 Å². The summed E-state index contributed by atoms with van der Waals surface area (Å²) in [5, 5.41) is 5.41. The molecular formula is C41H75N2O15P. The molecule has 0 aliphatic carbocycles. The summed E-state index contributed by atoms with van der Waals surface area (Å²) in [6.07, 6.45) is 1.81. The third-order valence-electron chi connectivity index (χ3n) is 9.51. The molecule has 344 valence electrons. The summed E-state index contributed by atoms with van der Waals surface area (Å²) in [6.45, 7) is 24.8. The van der Waals surface area contributed by atoms with Crippen molar-refractivity contribution in [3.63, 3.8) is 0 Å². The van der Waals surface area contributed by atoms with Gasteiger partial charge in [-0.05, 0) is 79.6 Å². The summed E-state index contributed by atoms with van der Waals surface area (Å²) in [4.78, 5) is 67.0. The number of rotatable bonds is 36. The SMILES string of the molecule is C=C(C)C(=O)OCCNC(=O)C(C)OCCC(C)OCC(CC)(COC(CC)CCOC(CC)C(=O)NCCOC(=O)C(=C)C)COC(CC)CCOC(C)P(=O)(O)O. The Balaban J connectivity index is 5.41. The van der Waals surface area contributed by atoms with Crippen molar-refractivity contribution < 1.29 is 71.4 Å². The zero-order valence-electron chi connectivity index (χ0n) is 37.0. The van der Waals surface area contributed by atoms with Gasteiger partial charge >= 0.3 is 19.5 Å². The lowest BCUT2D eigenvalue weighted by Crippen LogP contribution is -2.41. The summed E-state index contributed by atoms with van der Waals surface area (Å²) in [6, 6.07) is 0. The smallest absolute Gasteiger partial charge is 0.353 e. The Morgan fingerprint density at radius 1 is 0.627 bits per heavy atom. The van der Waals surface area contributed by atoms with Crippen LogP contribution in [0.2, 0.25) is 0 Å². The molecule has 0 heterocycles. The number of nitrogens with one attached hydrogen (secondary N) is 2. The highest BCUT2D eigenvalue weighted by Crippen LogP contribution is 2.41. The van der Waals surface area contributed by atoms with E-state index in [0.29, 0.717) is 58.2 Å². The number of amides is 2. The summed E-state index contributed by atoms with van der Waals surface area (Å²) in [5.41, 5.74) is -0.0136. The van der Waals surface area contributed by atoms with E-state index < -0.39 is 43.0 Å². The molecule has 0 rings (SSSR count). The van der Waals surface area contributed by atoms with Crippen LogP contribution in [-0.4, -0.2) is 136 Å². The molecule has 0 fully saturated rings. The number of esters is 2. The quantitative estimate of drug-likeness (QED) is 0.0289. The summed E-state index contributed by atoms with van der Waals surface area (Å²) in [7, 11) is -4.36. The molecule has 0 saturated heterocycles. The molecule has 4 N–H and O–H groups in total. The Kier molecular flexibility index (Phi) is 29.7. The van der Waals surface area contributed by atoms with E-state index in [1.54, 1.807) is 20.8 Å². The minimum absolute atomic E-state index is 0.0219. The second-order valence-corrected chi connectivity index (χ2v) is 16.7. The van der Waals surface area contributed by atoms with Gasteiger partial charge in [0.1, 0.15) is 25.4 Å². The van der Waals surface area contributed by atoms with Crippen molar-refractivity contribution in [1.29, 1.82) is 0 Å². The monoisotopic (exact) mass is 866 g/mol. The average molecular weight is 867 g/mol. The molecule has 0 aliphatic rings. The number of ether oxygens (including phenoxy) is 8. The van der Waals surface area contributed by atoms with Crippen molar-refractivity contribution in [2.75, 3.05) is 65.9 Å². The van der Waals surface area contributed by atoms with E-state index in [1.165, 1.54) is 6.92 Å². The molecular weight excluding hydrogens is 791 g/mol. The molecule has 17 nitrogen and oxygen atoms in total. The lowest BCUT2D eigenvalue weighted by molar-refractivity contribution is -0.140. The number of hydrogen-bond donors (Lipinski definition) is 4. The molecule has 0 aromatic heterocycles. The molecule has 7 atom stereocenters. The largest absolute Gasteiger partial charge is 0.460 e. The van der Waals surface area contributed by atoms with Gasteiger partial charge in [0.05, 0.1) is 71.0 Å². The maximum Gasteiger partial charge on any atom is 0.353 e. The van der Waals surface area contributed by atoms with Crippen LogP contribution in [0, 0.1) is 5.41 Å². The van der Waals surface area contributed by atoms with Crippen molar-refractivity contribution in [1.82, 2.24) is 10.6 Å². The number of carbonyl (C=O) groups excluding carboxylic acids is 4. The van der Waals surface area contributed by atoms with E-state index in [-0.39, 0.29) is 94.0 Å². The fraction of sp³-hybridized carbons (Fsp3) is 0.805. The topological polar surface area (TPSA) is 224 Å². The fourth-order valence-corrected chi connectivity index (χ4v) is 5.35. The lowest BCUT2D eigenvalue weighted by Gasteiger charge is -2.36. The molecule has 18 heteroatoms. The van der Waals surface area contributed by atoms with Crippen LogP contribution in [0.5, 0.6) is 0 Å².